The zero-order chi connectivity index (χ0) is 12.4. The van der Waals surface area contributed by atoms with Gasteiger partial charge in [0.15, 0.2) is 0 Å². The van der Waals surface area contributed by atoms with Crippen molar-refractivity contribution in [2.75, 3.05) is 0 Å². The molecule has 0 bridgehead atoms. The van der Waals surface area contributed by atoms with Crippen LogP contribution in [0.3, 0.4) is 0 Å². The SMILES string of the molecule is OC(c1ccc(Br)cn1)c1c(F)cccc1Cl. The highest BCUT2D eigenvalue weighted by molar-refractivity contribution is 9.10. The molecule has 0 saturated heterocycles. The fourth-order valence-electron chi connectivity index (χ4n) is 1.47. The van der Waals surface area contributed by atoms with E-state index in [4.69, 9.17) is 11.6 Å². The van der Waals surface area contributed by atoms with Gasteiger partial charge in [-0.25, -0.2) is 4.39 Å². The summed E-state index contributed by atoms with van der Waals surface area (Å²) in [5.74, 6) is -0.547. The Kier molecular flexibility index (Phi) is 3.76. The lowest BCUT2D eigenvalue weighted by atomic mass is 10.1. The van der Waals surface area contributed by atoms with E-state index in [2.05, 4.69) is 20.9 Å². The minimum atomic E-state index is -1.17. The van der Waals surface area contributed by atoms with Crippen LogP contribution in [0, 0.1) is 5.82 Å². The minimum absolute atomic E-state index is 0.0454. The first-order valence-electron chi connectivity index (χ1n) is 4.83. The maximum Gasteiger partial charge on any atom is 0.130 e. The van der Waals surface area contributed by atoms with Crippen molar-refractivity contribution in [1.82, 2.24) is 4.98 Å². The first kappa shape index (κ1) is 12.5. The molecule has 1 aromatic heterocycles. The summed E-state index contributed by atoms with van der Waals surface area (Å²) in [6.45, 7) is 0. The van der Waals surface area contributed by atoms with Crippen molar-refractivity contribution in [3.8, 4) is 0 Å². The van der Waals surface area contributed by atoms with Crippen LogP contribution >= 0.6 is 27.5 Å². The van der Waals surface area contributed by atoms with Gasteiger partial charge in [0, 0.05) is 21.3 Å². The van der Waals surface area contributed by atoms with Crippen molar-refractivity contribution in [3.05, 3.63) is 63.1 Å². The Balaban J connectivity index is 2.43. The summed E-state index contributed by atoms with van der Waals surface area (Å²) < 4.78 is 14.4. The van der Waals surface area contributed by atoms with E-state index >= 15 is 0 Å². The van der Waals surface area contributed by atoms with Crippen LogP contribution in [-0.4, -0.2) is 10.1 Å². The minimum Gasteiger partial charge on any atom is -0.382 e. The standard InChI is InChI=1S/C12H8BrClFNO/c13-7-4-5-10(16-6-7)12(17)11-8(14)2-1-3-9(11)15/h1-6,12,17H. The van der Waals surface area contributed by atoms with Crippen molar-refractivity contribution >= 4 is 27.5 Å². The molecular formula is C12H8BrClFNO. The third-order valence-electron chi connectivity index (χ3n) is 2.30. The average Bonchev–Trinajstić information content (AvgIpc) is 2.29. The van der Waals surface area contributed by atoms with Crippen LogP contribution in [-0.2, 0) is 0 Å². The molecular weight excluding hydrogens is 308 g/mol. The van der Waals surface area contributed by atoms with Gasteiger partial charge >= 0.3 is 0 Å². The van der Waals surface area contributed by atoms with Gasteiger partial charge < -0.3 is 5.11 Å². The Labute approximate surface area is 111 Å². The summed E-state index contributed by atoms with van der Waals surface area (Å²) in [6.07, 6.45) is 0.365. The topological polar surface area (TPSA) is 33.1 Å². The predicted octanol–water partition coefficient (Wildman–Crippen LogP) is 3.72. The molecule has 17 heavy (non-hydrogen) atoms. The van der Waals surface area contributed by atoms with E-state index in [-0.39, 0.29) is 10.6 Å². The van der Waals surface area contributed by atoms with E-state index < -0.39 is 11.9 Å². The molecule has 2 aromatic rings. The number of aromatic nitrogens is 1. The van der Waals surface area contributed by atoms with Crippen LogP contribution < -0.4 is 0 Å². The predicted molar refractivity (Wildman–Crippen MR) is 67.4 cm³/mol. The van der Waals surface area contributed by atoms with Crippen LogP contribution in [0.2, 0.25) is 5.02 Å². The van der Waals surface area contributed by atoms with E-state index in [1.54, 1.807) is 12.1 Å². The van der Waals surface area contributed by atoms with Crippen molar-refractivity contribution < 1.29 is 9.50 Å². The molecule has 1 atom stereocenters. The van der Waals surface area contributed by atoms with E-state index in [0.717, 1.165) is 4.47 Å². The van der Waals surface area contributed by atoms with Gasteiger partial charge in [0.2, 0.25) is 0 Å². The number of halogens is 3. The smallest absolute Gasteiger partial charge is 0.130 e. The summed E-state index contributed by atoms with van der Waals surface area (Å²) in [5.41, 5.74) is 0.393. The number of benzene rings is 1. The summed E-state index contributed by atoms with van der Waals surface area (Å²) in [4.78, 5) is 4.01. The van der Waals surface area contributed by atoms with E-state index in [0.29, 0.717) is 5.69 Å². The van der Waals surface area contributed by atoms with Crippen LogP contribution in [0.1, 0.15) is 17.4 Å². The van der Waals surface area contributed by atoms with Gasteiger partial charge in [-0.2, -0.15) is 0 Å². The Morgan fingerprint density at radius 1 is 1.29 bits per heavy atom. The highest BCUT2D eigenvalue weighted by atomic mass is 79.9. The lowest BCUT2D eigenvalue weighted by Gasteiger charge is -2.13. The normalized spacial score (nSPS) is 12.5. The van der Waals surface area contributed by atoms with E-state index in [9.17, 15) is 9.50 Å². The molecule has 0 spiro atoms. The van der Waals surface area contributed by atoms with Crippen LogP contribution in [0.25, 0.3) is 0 Å². The Bertz CT molecular complexity index is 512. The van der Waals surface area contributed by atoms with Gasteiger partial charge in [-0.05, 0) is 40.2 Å². The average molecular weight is 317 g/mol. The molecule has 1 heterocycles. The molecule has 2 nitrogen and oxygen atoms in total. The first-order chi connectivity index (χ1) is 8.09. The third-order valence-corrected chi connectivity index (χ3v) is 3.10. The molecule has 88 valence electrons. The molecule has 2 rings (SSSR count). The van der Waals surface area contributed by atoms with Crippen molar-refractivity contribution in [2.45, 2.75) is 6.10 Å². The number of pyridine rings is 1. The summed E-state index contributed by atoms with van der Waals surface area (Å²) in [5, 5.41) is 10.2. The molecule has 0 saturated carbocycles. The molecule has 1 N–H and O–H groups in total. The monoisotopic (exact) mass is 315 g/mol. The Morgan fingerprint density at radius 3 is 2.65 bits per heavy atom. The first-order valence-corrected chi connectivity index (χ1v) is 6.00. The second-order valence-electron chi connectivity index (χ2n) is 3.44. The second-order valence-corrected chi connectivity index (χ2v) is 4.76. The van der Waals surface area contributed by atoms with Gasteiger partial charge in [0.05, 0.1) is 5.69 Å². The maximum absolute atomic E-state index is 13.6. The van der Waals surface area contributed by atoms with E-state index in [1.807, 2.05) is 0 Å². The number of hydrogen-bond donors (Lipinski definition) is 1. The van der Waals surface area contributed by atoms with Crippen molar-refractivity contribution in [1.29, 1.82) is 0 Å². The summed E-state index contributed by atoms with van der Waals surface area (Å²) in [6, 6.07) is 7.60. The zero-order valence-electron chi connectivity index (χ0n) is 8.57. The molecule has 1 unspecified atom stereocenters. The second kappa shape index (κ2) is 5.12. The van der Waals surface area contributed by atoms with Gasteiger partial charge in [0.1, 0.15) is 11.9 Å². The molecule has 1 aromatic carbocycles. The van der Waals surface area contributed by atoms with Crippen LogP contribution in [0.15, 0.2) is 41.0 Å². The largest absolute Gasteiger partial charge is 0.382 e. The fraction of sp³-hybridized carbons (Fsp3) is 0.0833. The van der Waals surface area contributed by atoms with Crippen molar-refractivity contribution in [3.63, 3.8) is 0 Å². The lowest BCUT2D eigenvalue weighted by Crippen LogP contribution is -2.05. The highest BCUT2D eigenvalue weighted by Crippen LogP contribution is 2.29. The quantitative estimate of drug-likeness (QED) is 0.916. The Morgan fingerprint density at radius 2 is 2.06 bits per heavy atom. The molecule has 0 aliphatic rings. The molecule has 0 fully saturated rings. The third kappa shape index (κ3) is 2.65. The number of rotatable bonds is 2. The van der Waals surface area contributed by atoms with Crippen LogP contribution in [0.5, 0.6) is 0 Å². The number of nitrogens with zero attached hydrogens (tertiary/aromatic N) is 1. The van der Waals surface area contributed by atoms with Gasteiger partial charge in [-0.3, -0.25) is 4.98 Å². The van der Waals surface area contributed by atoms with Gasteiger partial charge in [-0.15, -0.1) is 0 Å². The zero-order valence-corrected chi connectivity index (χ0v) is 10.9. The summed E-state index contributed by atoms with van der Waals surface area (Å²) in [7, 11) is 0. The summed E-state index contributed by atoms with van der Waals surface area (Å²) >= 11 is 9.10. The maximum atomic E-state index is 13.6. The molecule has 0 radical (unpaired) electrons. The number of aliphatic hydroxyl groups is 1. The molecule has 0 amide bonds. The van der Waals surface area contributed by atoms with E-state index in [1.165, 1.54) is 24.4 Å². The molecule has 0 aliphatic carbocycles. The van der Waals surface area contributed by atoms with Crippen LogP contribution in [0.4, 0.5) is 4.39 Å². The van der Waals surface area contributed by atoms with Gasteiger partial charge in [0.25, 0.3) is 0 Å². The van der Waals surface area contributed by atoms with Crippen molar-refractivity contribution in [2.24, 2.45) is 0 Å². The lowest BCUT2D eigenvalue weighted by molar-refractivity contribution is 0.210. The molecule has 5 heteroatoms. The highest BCUT2D eigenvalue weighted by Gasteiger charge is 2.19. The fourth-order valence-corrected chi connectivity index (χ4v) is 1.97. The molecule has 0 aliphatic heterocycles. The number of aliphatic hydroxyl groups excluding tert-OH is 1. The number of hydrogen-bond acceptors (Lipinski definition) is 2. The van der Waals surface area contributed by atoms with Gasteiger partial charge in [-0.1, -0.05) is 17.7 Å². The Hall–Kier alpha value is -0.970.